The summed E-state index contributed by atoms with van der Waals surface area (Å²) in [6, 6.07) is 22.2. The Kier molecular flexibility index (Phi) is 11.5. The molecule has 4 amide bonds. The van der Waals surface area contributed by atoms with Crippen LogP contribution in [0.1, 0.15) is 45.2 Å². The molecule has 0 spiro atoms. The van der Waals surface area contributed by atoms with Crippen molar-refractivity contribution in [3.05, 3.63) is 140 Å². The van der Waals surface area contributed by atoms with Gasteiger partial charge in [0.25, 0.3) is 0 Å². The normalized spacial score (nSPS) is 18.4. The van der Waals surface area contributed by atoms with E-state index in [1.807, 2.05) is 86.6 Å². The number of urea groups is 1. The SMILES string of the molecule is Cc1nccc(-c2ccc(C[C@H](NC(=O)[C@@H]3Cc4cc5c(cc4CN3C(=O)C3CNC(=O)N3)O[C@@H](c3ccc(OCc4ccc(Cl)c(Cl)c4)cc3)CO5)C(=O)O)cc2)c1C. The second-order valence-corrected chi connectivity index (χ2v) is 15.9. The minimum Gasteiger partial charge on any atom is -0.489 e. The van der Waals surface area contributed by atoms with Crippen molar-refractivity contribution in [1.82, 2.24) is 25.8 Å². The first-order valence-electron chi connectivity index (χ1n) is 19.4. The molecule has 0 bridgehead atoms. The molecular formula is C45H41Cl2N5O8. The van der Waals surface area contributed by atoms with Gasteiger partial charge in [-0.3, -0.25) is 14.6 Å². The fourth-order valence-electron chi connectivity index (χ4n) is 7.64. The number of halogens is 2. The Balaban J connectivity index is 0.973. The molecule has 3 aliphatic heterocycles. The average molecular weight is 851 g/mol. The van der Waals surface area contributed by atoms with Crippen LogP contribution in [0.2, 0.25) is 10.0 Å². The minimum atomic E-state index is -1.28. The molecule has 4 aromatic carbocycles. The van der Waals surface area contributed by atoms with Crippen molar-refractivity contribution in [2.45, 2.75) is 64.1 Å². The first-order valence-corrected chi connectivity index (χ1v) is 20.2. The number of carboxylic acid groups (broad SMARTS) is 1. The maximum Gasteiger partial charge on any atom is 0.326 e. The van der Waals surface area contributed by atoms with E-state index in [0.29, 0.717) is 39.5 Å². The van der Waals surface area contributed by atoms with Crippen molar-refractivity contribution in [2.24, 2.45) is 0 Å². The summed E-state index contributed by atoms with van der Waals surface area (Å²) >= 11 is 12.2. The monoisotopic (exact) mass is 849 g/mol. The largest absolute Gasteiger partial charge is 0.489 e. The number of ether oxygens (including phenoxy) is 3. The van der Waals surface area contributed by atoms with Crippen LogP contribution in [0, 0.1) is 13.8 Å². The zero-order valence-corrected chi connectivity index (χ0v) is 34.2. The topological polar surface area (TPSA) is 168 Å². The molecule has 1 saturated heterocycles. The fourth-order valence-corrected chi connectivity index (χ4v) is 7.96. The summed E-state index contributed by atoms with van der Waals surface area (Å²) < 4.78 is 18.6. The lowest BCUT2D eigenvalue weighted by Gasteiger charge is -2.38. The maximum absolute atomic E-state index is 14.1. The molecule has 0 saturated carbocycles. The number of aliphatic carboxylic acids is 1. The number of aryl methyl sites for hydroxylation is 1. The highest BCUT2D eigenvalue weighted by molar-refractivity contribution is 6.42. The number of hydrogen-bond acceptors (Lipinski definition) is 8. The summed E-state index contributed by atoms with van der Waals surface area (Å²) in [4.78, 5) is 58.4. The van der Waals surface area contributed by atoms with E-state index in [9.17, 15) is 24.3 Å². The van der Waals surface area contributed by atoms with Crippen molar-refractivity contribution in [3.63, 3.8) is 0 Å². The molecule has 4 heterocycles. The molecule has 3 aliphatic rings. The number of hydrogen-bond donors (Lipinski definition) is 4. The Labute approximate surface area is 355 Å². The zero-order chi connectivity index (χ0) is 42.1. The number of carbonyl (C=O) groups excluding carboxylic acids is 3. The summed E-state index contributed by atoms with van der Waals surface area (Å²) in [7, 11) is 0. The number of carboxylic acids is 1. The Morgan fingerprint density at radius 1 is 0.950 bits per heavy atom. The summed E-state index contributed by atoms with van der Waals surface area (Å²) in [6.45, 7) is 4.54. The second kappa shape index (κ2) is 17.1. The smallest absolute Gasteiger partial charge is 0.326 e. The Hall–Kier alpha value is -6.31. The van der Waals surface area contributed by atoms with E-state index >= 15 is 0 Å². The first-order chi connectivity index (χ1) is 28.9. The Morgan fingerprint density at radius 3 is 2.42 bits per heavy atom. The summed E-state index contributed by atoms with van der Waals surface area (Å²) in [5.41, 5.74) is 7.90. The Bertz CT molecular complexity index is 2480. The van der Waals surface area contributed by atoms with Crippen molar-refractivity contribution >= 4 is 47.0 Å². The molecular weight excluding hydrogens is 809 g/mol. The summed E-state index contributed by atoms with van der Waals surface area (Å²) in [5, 5.41) is 19.1. The van der Waals surface area contributed by atoms with Gasteiger partial charge in [-0.1, -0.05) is 65.7 Å². The van der Waals surface area contributed by atoms with Gasteiger partial charge in [-0.05, 0) is 101 Å². The molecule has 0 aliphatic carbocycles. The number of nitrogens with zero attached hydrogens (tertiary/aromatic N) is 2. The van der Waals surface area contributed by atoms with Crippen LogP contribution in [0.4, 0.5) is 4.79 Å². The number of aromatic nitrogens is 1. The number of nitrogens with one attached hydrogen (secondary N) is 3. The molecule has 1 aromatic heterocycles. The number of amides is 4. The van der Waals surface area contributed by atoms with Crippen LogP contribution in [-0.4, -0.2) is 70.1 Å². The molecule has 4 N–H and O–H groups in total. The molecule has 1 unspecified atom stereocenters. The molecule has 60 heavy (non-hydrogen) atoms. The van der Waals surface area contributed by atoms with Gasteiger partial charge in [-0.25, -0.2) is 9.59 Å². The van der Waals surface area contributed by atoms with Gasteiger partial charge in [0.1, 0.15) is 37.1 Å². The van der Waals surface area contributed by atoms with E-state index < -0.39 is 48.0 Å². The molecule has 308 valence electrons. The van der Waals surface area contributed by atoms with Crippen LogP contribution >= 0.6 is 23.2 Å². The number of benzene rings is 4. The quantitative estimate of drug-likeness (QED) is 0.116. The fraction of sp³-hybridized carbons (Fsp3) is 0.267. The highest BCUT2D eigenvalue weighted by atomic mass is 35.5. The third-order valence-corrected chi connectivity index (χ3v) is 11.9. The number of carbonyl (C=O) groups is 4. The van der Waals surface area contributed by atoms with Crippen molar-refractivity contribution in [1.29, 1.82) is 0 Å². The lowest BCUT2D eigenvalue weighted by atomic mass is 9.91. The van der Waals surface area contributed by atoms with Gasteiger partial charge in [0, 0.05) is 37.8 Å². The highest BCUT2D eigenvalue weighted by Crippen LogP contribution is 2.41. The van der Waals surface area contributed by atoms with Crippen LogP contribution in [0.25, 0.3) is 11.1 Å². The van der Waals surface area contributed by atoms with E-state index in [-0.39, 0.29) is 32.5 Å². The van der Waals surface area contributed by atoms with E-state index in [1.165, 1.54) is 4.90 Å². The van der Waals surface area contributed by atoms with E-state index in [0.717, 1.165) is 44.6 Å². The Morgan fingerprint density at radius 2 is 1.70 bits per heavy atom. The molecule has 8 rings (SSSR count). The number of fused-ring (bicyclic) bond motifs is 2. The van der Waals surface area contributed by atoms with Crippen LogP contribution in [0.15, 0.2) is 91.1 Å². The third kappa shape index (κ3) is 8.68. The molecule has 5 aromatic rings. The molecule has 1 fully saturated rings. The summed E-state index contributed by atoms with van der Waals surface area (Å²) in [5.74, 6) is -0.698. The highest BCUT2D eigenvalue weighted by Gasteiger charge is 2.41. The van der Waals surface area contributed by atoms with E-state index in [1.54, 1.807) is 18.3 Å². The predicted octanol–water partition coefficient (Wildman–Crippen LogP) is 6.51. The van der Waals surface area contributed by atoms with Crippen LogP contribution < -0.4 is 30.2 Å². The summed E-state index contributed by atoms with van der Waals surface area (Å²) in [6.07, 6.45) is 1.41. The number of rotatable bonds is 11. The molecule has 13 nitrogen and oxygen atoms in total. The standard InChI is InChI=1S/C45H41Cl2N5O8/c1-24-25(2)48-14-13-33(24)28-6-3-26(4-7-28)16-36(44(55)56)50-42(53)38-17-30-18-39-40(19-31(30)21-52(38)43(54)37-20-49-45(57)51-37)60-41(23-59-39)29-8-10-32(11-9-29)58-22-27-5-12-34(46)35(47)15-27/h3-15,18-19,36-38,41H,16-17,20-23H2,1-2H3,(H,50,53)(H,55,56)(H2,49,51,57)/t36-,37?,38-,41+/m0/s1. The lowest BCUT2D eigenvalue weighted by molar-refractivity contribution is -0.146. The minimum absolute atomic E-state index is 0.0118. The molecule has 4 atom stereocenters. The third-order valence-electron chi connectivity index (χ3n) is 11.1. The van der Waals surface area contributed by atoms with Crippen LogP contribution in [0.3, 0.4) is 0 Å². The van der Waals surface area contributed by atoms with Gasteiger partial charge in [0.05, 0.1) is 10.0 Å². The van der Waals surface area contributed by atoms with Crippen molar-refractivity contribution in [2.75, 3.05) is 13.2 Å². The van der Waals surface area contributed by atoms with Gasteiger partial charge in [0.2, 0.25) is 11.8 Å². The number of pyridine rings is 1. The zero-order valence-electron chi connectivity index (χ0n) is 32.7. The second-order valence-electron chi connectivity index (χ2n) is 15.1. The average Bonchev–Trinajstić information content (AvgIpc) is 3.69. The van der Waals surface area contributed by atoms with Gasteiger partial charge in [-0.2, -0.15) is 0 Å². The van der Waals surface area contributed by atoms with Gasteiger partial charge in [-0.15, -0.1) is 0 Å². The van der Waals surface area contributed by atoms with Crippen LogP contribution in [0.5, 0.6) is 17.2 Å². The van der Waals surface area contributed by atoms with Gasteiger partial charge in [0.15, 0.2) is 17.6 Å². The first kappa shape index (κ1) is 40.5. The van der Waals surface area contributed by atoms with Gasteiger partial charge >= 0.3 is 12.0 Å². The van der Waals surface area contributed by atoms with Gasteiger partial charge < -0.3 is 40.2 Å². The maximum atomic E-state index is 14.1. The van der Waals surface area contributed by atoms with E-state index in [4.69, 9.17) is 37.4 Å². The van der Waals surface area contributed by atoms with Crippen LogP contribution in [-0.2, 0) is 40.4 Å². The van der Waals surface area contributed by atoms with E-state index in [2.05, 4.69) is 20.9 Å². The molecule has 0 radical (unpaired) electrons. The van der Waals surface area contributed by atoms with Crippen molar-refractivity contribution in [3.8, 4) is 28.4 Å². The van der Waals surface area contributed by atoms with Crippen molar-refractivity contribution < 1.29 is 38.5 Å². The predicted molar refractivity (Wildman–Crippen MR) is 223 cm³/mol. The lowest BCUT2D eigenvalue weighted by Crippen LogP contribution is -2.58. The molecule has 15 heteroatoms.